The van der Waals surface area contributed by atoms with Gasteiger partial charge in [-0.2, -0.15) is 0 Å². The lowest BCUT2D eigenvalue weighted by Crippen LogP contribution is -2.10. The first-order valence-corrected chi connectivity index (χ1v) is 6.64. The van der Waals surface area contributed by atoms with Gasteiger partial charge in [0, 0.05) is 32.0 Å². The van der Waals surface area contributed by atoms with Gasteiger partial charge in [0.1, 0.15) is 0 Å². The Labute approximate surface area is 120 Å². The first-order valence-electron chi connectivity index (χ1n) is 6.64. The minimum absolute atomic E-state index is 0.185. The summed E-state index contributed by atoms with van der Waals surface area (Å²) in [6.07, 6.45) is 1.72. The standard InChI is InChI=1S/C16H21N3O/c1-12(13-7-9-14(10-8-13)19(2)3)18-15-6-5-11-17-16(15)20-4/h5-12,18H,1-4H3. The summed E-state index contributed by atoms with van der Waals surface area (Å²) >= 11 is 0. The molecule has 106 valence electrons. The van der Waals surface area contributed by atoms with Crippen LogP contribution in [0.1, 0.15) is 18.5 Å². The molecule has 2 rings (SSSR count). The highest BCUT2D eigenvalue weighted by molar-refractivity contribution is 5.54. The van der Waals surface area contributed by atoms with E-state index in [4.69, 9.17) is 4.74 Å². The third-order valence-electron chi connectivity index (χ3n) is 3.25. The van der Waals surface area contributed by atoms with Crippen LogP contribution in [0.5, 0.6) is 5.88 Å². The molecule has 1 atom stereocenters. The average molecular weight is 271 g/mol. The largest absolute Gasteiger partial charge is 0.480 e. The van der Waals surface area contributed by atoms with Gasteiger partial charge in [-0.05, 0) is 36.8 Å². The Balaban J connectivity index is 2.13. The average Bonchev–Trinajstić information content (AvgIpc) is 2.48. The number of pyridine rings is 1. The number of hydrogen-bond acceptors (Lipinski definition) is 4. The molecule has 1 N–H and O–H groups in total. The molecule has 0 aliphatic heterocycles. The molecule has 0 aliphatic carbocycles. The maximum atomic E-state index is 5.25. The van der Waals surface area contributed by atoms with Gasteiger partial charge in [0.05, 0.1) is 12.8 Å². The van der Waals surface area contributed by atoms with Crippen molar-refractivity contribution in [2.75, 3.05) is 31.4 Å². The van der Waals surface area contributed by atoms with Gasteiger partial charge in [0.15, 0.2) is 0 Å². The quantitative estimate of drug-likeness (QED) is 0.905. The van der Waals surface area contributed by atoms with Gasteiger partial charge in [-0.25, -0.2) is 4.98 Å². The Bertz CT molecular complexity index is 552. The first-order chi connectivity index (χ1) is 9.61. The Morgan fingerprint density at radius 1 is 1.15 bits per heavy atom. The van der Waals surface area contributed by atoms with E-state index in [1.165, 1.54) is 11.3 Å². The zero-order valence-electron chi connectivity index (χ0n) is 12.4. The van der Waals surface area contributed by atoms with E-state index in [9.17, 15) is 0 Å². The molecule has 0 spiro atoms. The highest BCUT2D eigenvalue weighted by Crippen LogP contribution is 2.26. The van der Waals surface area contributed by atoms with Crippen molar-refractivity contribution in [3.8, 4) is 5.88 Å². The number of methoxy groups -OCH3 is 1. The van der Waals surface area contributed by atoms with Crippen LogP contribution < -0.4 is 15.0 Å². The molecule has 1 aromatic carbocycles. The Morgan fingerprint density at radius 3 is 2.45 bits per heavy atom. The van der Waals surface area contributed by atoms with E-state index in [1.807, 2.05) is 26.2 Å². The molecule has 20 heavy (non-hydrogen) atoms. The lowest BCUT2D eigenvalue weighted by Gasteiger charge is -2.18. The zero-order valence-corrected chi connectivity index (χ0v) is 12.4. The summed E-state index contributed by atoms with van der Waals surface area (Å²) in [5, 5.41) is 3.43. The lowest BCUT2D eigenvalue weighted by molar-refractivity contribution is 0.399. The summed E-state index contributed by atoms with van der Waals surface area (Å²) in [4.78, 5) is 6.28. The van der Waals surface area contributed by atoms with E-state index >= 15 is 0 Å². The van der Waals surface area contributed by atoms with E-state index in [0.29, 0.717) is 5.88 Å². The number of hydrogen-bond donors (Lipinski definition) is 1. The predicted molar refractivity (Wildman–Crippen MR) is 83.6 cm³/mol. The third kappa shape index (κ3) is 3.20. The van der Waals surface area contributed by atoms with Crippen LogP contribution in [-0.4, -0.2) is 26.2 Å². The zero-order chi connectivity index (χ0) is 14.5. The van der Waals surface area contributed by atoms with Gasteiger partial charge < -0.3 is 15.0 Å². The first kappa shape index (κ1) is 14.2. The minimum atomic E-state index is 0.185. The minimum Gasteiger partial charge on any atom is -0.480 e. The predicted octanol–water partition coefficient (Wildman–Crippen LogP) is 3.33. The van der Waals surface area contributed by atoms with Crippen LogP contribution in [0, 0.1) is 0 Å². The second-order valence-corrected chi connectivity index (χ2v) is 4.91. The summed E-state index contributed by atoms with van der Waals surface area (Å²) in [6, 6.07) is 12.6. The van der Waals surface area contributed by atoms with Gasteiger partial charge in [0.25, 0.3) is 0 Å². The van der Waals surface area contributed by atoms with Crippen molar-refractivity contribution < 1.29 is 4.74 Å². The number of anilines is 2. The van der Waals surface area contributed by atoms with Crippen LogP contribution in [0.4, 0.5) is 11.4 Å². The molecule has 4 heteroatoms. The Hall–Kier alpha value is -2.23. The summed E-state index contributed by atoms with van der Waals surface area (Å²) in [7, 11) is 5.71. The van der Waals surface area contributed by atoms with Crippen LogP contribution >= 0.6 is 0 Å². The highest BCUT2D eigenvalue weighted by atomic mass is 16.5. The molecule has 0 saturated carbocycles. The SMILES string of the molecule is COc1ncccc1NC(C)c1ccc(N(C)C)cc1. The molecule has 1 unspecified atom stereocenters. The van der Waals surface area contributed by atoms with Crippen LogP contribution in [0.2, 0.25) is 0 Å². The van der Waals surface area contributed by atoms with E-state index in [-0.39, 0.29) is 6.04 Å². The molecule has 0 amide bonds. The fourth-order valence-electron chi connectivity index (χ4n) is 2.04. The van der Waals surface area contributed by atoms with Crippen LogP contribution in [0.15, 0.2) is 42.6 Å². The number of rotatable bonds is 5. The third-order valence-corrected chi connectivity index (χ3v) is 3.25. The van der Waals surface area contributed by atoms with E-state index in [1.54, 1.807) is 13.3 Å². The normalized spacial score (nSPS) is 11.8. The highest BCUT2D eigenvalue weighted by Gasteiger charge is 2.09. The molecular formula is C16H21N3O. The van der Waals surface area contributed by atoms with E-state index < -0.39 is 0 Å². The molecule has 0 saturated heterocycles. The maximum Gasteiger partial charge on any atom is 0.237 e. The molecule has 0 bridgehead atoms. The summed E-state index contributed by atoms with van der Waals surface area (Å²) < 4.78 is 5.25. The van der Waals surface area contributed by atoms with Crippen molar-refractivity contribution in [2.24, 2.45) is 0 Å². The van der Waals surface area contributed by atoms with E-state index in [0.717, 1.165) is 5.69 Å². The number of ether oxygens (including phenoxy) is 1. The molecule has 1 aromatic heterocycles. The number of benzene rings is 1. The van der Waals surface area contributed by atoms with Crippen molar-refractivity contribution in [1.29, 1.82) is 0 Å². The van der Waals surface area contributed by atoms with Crippen LogP contribution in [0.25, 0.3) is 0 Å². The number of nitrogens with one attached hydrogen (secondary N) is 1. The monoisotopic (exact) mass is 271 g/mol. The summed E-state index contributed by atoms with van der Waals surface area (Å²) in [5.74, 6) is 0.615. The van der Waals surface area contributed by atoms with E-state index in [2.05, 4.69) is 46.4 Å². The van der Waals surface area contributed by atoms with Crippen LogP contribution in [0.3, 0.4) is 0 Å². The van der Waals surface area contributed by atoms with Crippen molar-refractivity contribution in [2.45, 2.75) is 13.0 Å². The van der Waals surface area contributed by atoms with Gasteiger partial charge >= 0.3 is 0 Å². The van der Waals surface area contributed by atoms with Gasteiger partial charge in [0.2, 0.25) is 5.88 Å². The molecule has 0 aliphatic rings. The van der Waals surface area contributed by atoms with Crippen molar-refractivity contribution in [3.63, 3.8) is 0 Å². The second-order valence-electron chi connectivity index (χ2n) is 4.91. The molecule has 2 aromatic rings. The fourth-order valence-corrected chi connectivity index (χ4v) is 2.04. The van der Waals surface area contributed by atoms with Gasteiger partial charge in [-0.15, -0.1) is 0 Å². The molecule has 0 radical (unpaired) electrons. The smallest absolute Gasteiger partial charge is 0.237 e. The molecule has 4 nitrogen and oxygen atoms in total. The van der Waals surface area contributed by atoms with Gasteiger partial charge in [-0.1, -0.05) is 12.1 Å². The Kier molecular flexibility index (Phi) is 4.45. The second kappa shape index (κ2) is 6.28. The van der Waals surface area contributed by atoms with Crippen molar-refractivity contribution in [1.82, 2.24) is 4.98 Å². The Morgan fingerprint density at radius 2 is 1.85 bits per heavy atom. The molecular weight excluding hydrogens is 250 g/mol. The van der Waals surface area contributed by atoms with Gasteiger partial charge in [-0.3, -0.25) is 0 Å². The molecule has 0 fully saturated rings. The number of aromatic nitrogens is 1. The topological polar surface area (TPSA) is 37.4 Å². The fraction of sp³-hybridized carbons (Fsp3) is 0.312. The number of nitrogens with zero attached hydrogens (tertiary/aromatic N) is 2. The van der Waals surface area contributed by atoms with Crippen molar-refractivity contribution in [3.05, 3.63) is 48.2 Å². The maximum absolute atomic E-state index is 5.25. The van der Waals surface area contributed by atoms with Crippen molar-refractivity contribution >= 4 is 11.4 Å². The lowest BCUT2D eigenvalue weighted by atomic mass is 10.1. The summed E-state index contributed by atoms with van der Waals surface area (Å²) in [6.45, 7) is 2.12. The van der Waals surface area contributed by atoms with Crippen LogP contribution in [-0.2, 0) is 0 Å². The summed E-state index contributed by atoms with van der Waals surface area (Å²) in [5.41, 5.74) is 3.32. The molecule has 1 heterocycles.